The average Bonchev–Trinajstić information content (AvgIpc) is 1.79. The van der Waals surface area contributed by atoms with Gasteiger partial charge in [-0.05, 0) is 153 Å². The number of hydrogen-bond donors (Lipinski definition) is 2. The van der Waals surface area contributed by atoms with Crippen molar-refractivity contribution in [1.29, 1.82) is 0 Å². The second-order valence-electron chi connectivity index (χ2n) is 31.9. The predicted molar refractivity (Wildman–Crippen MR) is 498 cm³/mol. The van der Waals surface area contributed by atoms with Crippen molar-refractivity contribution in [2.24, 2.45) is 16.8 Å². The molecule has 0 radical (unpaired) electrons. The number of ketones is 3. The van der Waals surface area contributed by atoms with Gasteiger partial charge >= 0.3 is 53.9 Å². The first-order chi connectivity index (χ1) is 65.2. The molecule has 143 heavy (non-hydrogen) atoms. The molecule has 5 aromatic rings. The molecular formula is C85H127F15N17NaO24S. The van der Waals surface area contributed by atoms with E-state index in [1.165, 1.54) is 21.6 Å². The van der Waals surface area contributed by atoms with Crippen molar-refractivity contribution in [3.8, 4) is 0 Å². The summed E-state index contributed by atoms with van der Waals surface area (Å²) in [6.45, 7) is 41.6. The second kappa shape index (κ2) is 83.8. The van der Waals surface area contributed by atoms with E-state index in [9.17, 15) is 92.0 Å². The molecular weight excluding hydrogens is 1980 g/mol. The molecule has 0 unspecified atom stereocenters. The van der Waals surface area contributed by atoms with Crippen LogP contribution in [0.2, 0.25) is 0 Å². The molecule has 5 saturated heterocycles. The van der Waals surface area contributed by atoms with Crippen LogP contribution in [0.3, 0.4) is 0 Å². The molecule has 6 amide bonds. The molecule has 5 aromatic carbocycles. The minimum absolute atomic E-state index is 0. The number of amides is 6. The Hall–Kier alpha value is -12.8. The number of non-ortho nitro benzene ring substituents is 4. The van der Waals surface area contributed by atoms with Gasteiger partial charge in [0.1, 0.15) is 22.4 Å². The second-order valence-corrected chi connectivity index (χ2v) is 33.5. The van der Waals surface area contributed by atoms with Crippen LogP contribution in [0.4, 0.5) is 111 Å². The molecule has 5 heterocycles. The zero-order chi connectivity index (χ0) is 110. The molecule has 3 N–H and O–H groups in total. The fraction of sp³-hybridized carbons (Fsp3) is 0.541. The van der Waals surface area contributed by atoms with E-state index in [1.54, 1.807) is 78.8 Å². The van der Waals surface area contributed by atoms with Gasteiger partial charge in [0.2, 0.25) is 0 Å². The maximum Gasteiger partial charge on any atom is 1.00 e. The van der Waals surface area contributed by atoms with Gasteiger partial charge in [-0.25, -0.2) is 19.2 Å². The Morgan fingerprint density at radius 1 is 0.434 bits per heavy atom. The van der Waals surface area contributed by atoms with Crippen molar-refractivity contribution < 1.29 is 193 Å². The summed E-state index contributed by atoms with van der Waals surface area (Å²) >= 11 is 0. The molecule has 0 aliphatic carbocycles. The summed E-state index contributed by atoms with van der Waals surface area (Å²) in [6.07, 6.45) is 2.96. The fourth-order valence-corrected chi connectivity index (χ4v) is 12.1. The van der Waals surface area contributed by atoms with E-state index in [-0.39, 0.29) is 121 Å². The number of ether oxygens (including phenoxy) is 4. The summed E-state index contributed by atoms with van der Waals surface area (Å²) in [6, 6.07) is 32.9. The largest absolute Gasteiger partial charge is 1.00 e. The van der Waals surface area contributed by atoms with Crippen LogP contribution in [0, 0.1) is 46.4 Å². The van der Waals surface area contributed by atoms with E-state index >= 15 is 0 Å². The van der Waals surface area contributed by atoms with Gasteiger partial charge in [0.15, 0.2) is 17.3 Å². The van der Waals surface area contributed by atoms with E-state index in [0.29, 0.717) is 89.2 Å². The summed E-state index contributed by atoms with van der Waals surface area (Å²) in [7, 11) is -3.47. The number of benzene rings is 5. The van der Waals surface area contributed by atoms with Crippen LogP contribution < -0.4 is 40.6 Å². The van der Waals surface area contributed by atoms with E-state index in [1.807, 2.05) is 158 Å². The number of Topliss-reactive ketones (excluding diaryl/α,β-unsaturated/α-hetero) is 3. The van der Waals surface area contributed by atoms with Crippen molar-refractivity contribution >= 4 is 86.4 Å². The molecule has 5 fully saturated rings. The van der Waals surface area contributed by atoms with Gasteiger partial charge in [-0.1, -0.05) is 126 Å². The summed E-state index contributed by atoms with van der Waals surface area (Å²) in [5.41, 5.74) is 25.4. The first-order valence-electron chi connectivity index (χ1n) is 41.8. The third kappa shape index (κ3) is 70.5. The quantitative estimate of drug-likeness (QED) is 0.00939. The SMILES string of the molecule is CC.CC.CC.CC(=O)c1cc([N+](=O)[O-])cc([N+](=O)[O-])c1.CC(=O)c1ccccc1.CC(C)(C)OC(=O)N1CC[C@@H](OS(C)(=O)=O)C1.CC(C)(C)OC(=O)N1CC[C@H](N)C1.CC(C)(C)OC(=O)N1CC[C@H](N=[N+]=[N-])C1.CC(C)(C)OC(=O)N1CC[C@H](NC(=O)c2ccccc2)C1.F.F.F.FF.FF.FF.FF.FF.FF.O=C(C[C@@H]1CCN(C(=O)c2cc([N+](=O)[O-])cc([N+](=O)[O-])c2)C1)c1ccccc1.[N-]=[N+]=[N-].[Na+]. The molecule has 5 aliphatic rings. The van der Waals surface area contributed by atoms with Gasteiger partial charge in [-0.3, -0.25) is 87.6 Å². The van der Waals surface area contributed by atoms with Crippen molar-refractivity contribution in [1.82, 2.24) is 29.8 Å². The van der Waals surface area contributed by atoms with Crippen molar-refractivity contribution in [2.75, 3.05) is 71.7 Å². The number of nitrogens with one attached hydrogen (secondary N) is 1. The molecule has 0 spiro atoms. The number of hydrogen-bond acceptors (Lipinski definition) is 26. The molecule has 0 aromatic heterocycles. The number of nitrogens with two attached hydrogens (primary N) is 1. The van der Waals surface area contributed by atoms with Crippen LogP contribution in [0.1, 0.15) is 229 Å². The number of carbonyl (C=O) groups is 9. The maximum absolute atomic E-state index is 12.7. The summed E-state index contributed by atoms with van der Waals surface area (Å²) < 4.78 is 144. The van der Waals surface area contributed by atoms with Gasteiger partial charge < -0.3 is 65.6 Å². The molecule has 10 rings (SSSR count). The zero-order valence-corrected chi connectivity index (χ0v) is 85.9. The number of halogens is 15. The summed E-state index contributed by atoms with van der Waals surface area (Å²) in [5.74, 6) is -0.985. The van der Waals surface area contributed by atoms with E-state index < -0.39 is 98.9 Å². The van der Waals surface area contributed by atoms with E-state index in [2.05, 4.69) is 15.3 Å². The molecule has 5 atom stereocenters. The van der Waals surface area contributed by atoms with E-state index in [0.717, 1.165) is 67.6 Å². The number of nitro benzene ring substituents is 4. The number of azide groups is 1. The monoisotopic (exact) mass is 2110 g/mol. The smallest absolute Gasteiger partial charge is 0.444 e. The van der Waals surface area contributed by atoms with Crippen LogP contribution in [-0.2, 0) is 33.2 Å². The van der Waals surface area contributed by atoms with Gasteiger partial charge in [0.05, 0.1) is 62.3 Å². The number of likely N-dealkylation sites (tertiary alicyclic amines) is 5. The Morgan fingerprint density at radius 3 is 1.05 bits per heavy atom. The van der Waals surface area contributed by atoms with Gasteiger partial charge in [-0.15, -0.1) is 0 Å². The van der Waals surface area contributed by atoms with Crippen molar-refractivity contribution in [2.45, 2.75) is 224 Å². The maximum atomic E-state index is 12.7. The minimum Gasteiger partial charge on any atom is -0.444 e. The number of rotatable bonds is 15. The van der Waals surface area contributed by atoms with E-state index in [4.69, 9.17) is 100 Å². The van der Waals surface area contributed by atoms with Crippen LogP contribution in [0.15, 0.2) is 133 Å². The summed E-state index contributed by atoms with van der Waals surface area (Å²) in [5, 5.41) is 49.4. The topological polar surface area (TPSA) is 568 Å². The van der Waals surface area contributed by atoms with Crippen LogP contribution in [0.5, 0.6) is 0 Å². The van der Waals surface area contributed by atoms with Gasteiger partial charge in [-0.2, -0.15) is 8.42 Å². The Balaban J connectivity index is -0.000000155. The molecule has 808 valence electrons. The Labute approximate surface area is 839 Å². The molecule has 58 heteroatoms. The molecule has 5 aliphatic heterocycles. The average molecular weight is 2110 g/mol. The van der Waals surface area contributed by atoms with Crippen LogP contribution >= 0.6 is 0 Å². The molecule has 0 bridgehead atoms. The molecule has 41 nitrogen and oxygen atoms in total. The van der Waals surface area contributed by atoms with Crippen LogP contribution in [-0.4, -0.2) is 224 Å². The first-order valence-corrected chi connectivity index (χ1v) is 43.6. The zero-order valence-electron chi connectivity index (χ0n) is 83.1. The Morgan fingerprint density at radius 2 is 0.734 bits per heavy atom. The standard InChI is InChI=1S/C19H17N3O6.C16H22N2O3.C10H19NO5S.C9H16N4O2.C9H18N2O2.C8H6N2O5.C8H8O.3C2H6.6F2.3FH.N3.Na/c23-18(14-4-2-1-3-5-14)8-13-6-7-20(12-13)19(24)15-9-16(21(25)26)11-17(10-15)22(27)28;1-16(2,3)21-15(20)18-10-9-13(11-18)17-14(19)12-7-5-4-6-8-12;1-10(2,3)15-9(12)11-6-5-8(7-11)16-17(4,13)14;1-9(2,3)15-8(14)13-5-4-7(6-13)11-12-10;1-9(2,3)13-8(12)11-5-4-7(10)6-11;1-5(11)6-2-7(9(12)13)4-8(3-6)10(14)15;1-7(9)8-5-3-2-4-6-8;9*1-2;;;;1-3-2;/h1-5,9-11,13H,6-8,12H2;4-8,13H,9-11H2,1-3H3,(H,17,19);8H,5-7H2,1-4H3;7H,4-6H2,1-3H3;7H,4-6,10H2,1-3H3;2-4H,1H3;2-6H,1H3;3*1-2H3;;;;;;;3*1H;;/q;;;;;;;;;;;;;;;;;;;-1;+1/t2*13-;8-;2*7-;;;;;;;;;;;;;;;;/m00100................/s1. The number of nitro groups is 4. The number of nitrogens with zero attached hydrogens (tertiary/aromatic N) is 15. The fourth-order valence-electron chi connectivity index (χ4n) is 11.4. The van der Waals surface area contributed by atoms with Crippen LogP contribution in [0.25, 0.3) is 26.4 Å². The Kier molecular flexibility index (Phi) is 89.6. The Bertz CT molecular complexity index is 4590. The predicted octanol–water partition coefficient (Wildman–Crippen LogP) is 19.9. The number of carbonyl (C=O) groups excluding carboxylic acids is 9. The third-order valence-electron chi connectivity index (χ3n) is 16.9. The third-order valence-corrected chi connectivity index (χ3v) is 17.5. The van der Waals surface area contributed by atoms with Crippen molar-refractivity contribution in [3.63, 3.8) is 0 Å². The minimum atomic E-state index is -3.47. The van der Waals surface area contributed by atoms with Gasteiger partial charge in [0, 0.05) is 184 Å². The summed E-state index contributed by atoms with van der Waals surface area (Å²) in [4.78, 5) is 157. The van der Waals surface area contributed by atoms with Gasteiger partial charge in [0.25, 0.3) is 44.7 Å². The first kappa shape index (κ1) is 153. The normalized spacial score (nSPS) is 14.8. The van der Waals surface area contributed by atoms with Crippen molar-refractivity contribution in [3.05, 3.63) is 222 Å². The molecule has 0 saturated carbocycles.